The molecule has 0 amide bonds. The van der Waals surface area contributed by atoms with E-state index in [1.165, 1.54) is 12.8 Å². The summed E-state index contributed by atoms with van der Waals surface area (Å²) in [5.74, 6) is 0.728. The number of nitrogens with zero attached hydrogens (tertiary/aromatic N) is 1. The van der Waals surface area contributed by atoms with Gasteiger partial charge in [0.1, 0.15) is 5.75 Å². The van der Waals surface area contributed by atoms with Gasteiger partial charge in [0.05, 0.1) is 18.7 Å². The predicted octanol–water partition coefficient (Wildman–Crippen LogP) is 3.79. The topological polar surface area (TPSA) is 29.5 Å². The van der Waals surface area contributed by atoms with Crippen LogP contribution in [0.1, 0.15) is 43.5 Å². The van der Waals surface area contributed by atoms with E-state index in [-0.39, 0.29) is 5.78 Å². The quantitative estimate of drug-likeness (QED) is 0.774. The Hall–Kier alpha value is -1.06. The summed E-state index contributed by atoms with van der Waals surface area (Å²) in [7, 11) is 1.57. The summed E-state index contributed by atoms with van der Waals surface area (Å²) in [6.07, 6.45) is 3.46. The molecule has 110 valence electrons. The van der Waals surface area contributed by atoms with E-state index in [0.717, 1.165) is 6.42 Å². The van der Waals surface area contributed by atoms with Gasteiger partial charge in [0.2, 0.25) is 0 Å². The molecule has 0 N–H and O–H groups in total. The second-order valence-electron chi connectivity index (χ2n) is 5.43. The van der Waals surface area contributed by atoms with Crippen LogP contribution in [-0.4, -0.2) is 36.4 Å². The highest BCUT2D eigenvalue weighted by molar-refractivity contribution is 6.32. The molecule has 0 bridgehead atoms. The van der Waals surface area contributed by atoms with Gasteiger partial charge in [-0.25, -0.2) is 0 Å². The first-order valence-corrected chi connectivity index (χ1v) is 7.57. The number of ketones is 1. The average molecular weight is 296 g/mol. The van der Waals surface area contributed by atoms with Crippen LogP contribution in [-0.2, 0) is 0 Å². The highest BCUT2D eigenvalue weighted by Crippen LogP contribution is 2.28. The number of likely N-dealkylation sites (tertiary alicyclic amines) is 1. The van der Waals surface area contributed by atoms with E-state index in [9.17, 15) is 4.79 Å². The van der Waals surface area contributed by atoms with Crippen LogP contribution in [0.25, 0.3) is 0 Å². The largest absolute Gasteiger partial charge is 0.495 e. The van der Waals surface area contributed by atoms with Crippen molar-refractivity contribution in [3.05, 3.63) is 28.8 Å². The molecule has 1 saturated heterocycles. The third-order valence-corrected chi connectivity index (χ3v) is 4.52. The van der Waals surface area contributed by atoms with Crippen LogP contribution >= 0.6 is 11.6 Å². The fraction of sp³-hybridized carbons (Fsp3) is 0.562. The highest BCUT2D eigenvalue weighted by atomic mass is 35.5. The Balaban J connectivity index is 2.10. The van der Waals surface area contributed by atoms with Crippen LogP contribution in [0.5, 0.6) is 5.75 Å². The van der Waals surface area contributed by atoms with E-state index in [1.807, 2.05) is 0 Å². The van der Waals surface area contributed by atoms with Gasteiger partial charge in [-0.2, -0.15) is 0 Å². The molecule has 0 aliphatic carbocycles. The van der Waals surface area contributed by atoms with E-state index >= 15 is 0 Å². The molecular weight excluding hydrogens is 274 g/mol. The smallest absolute Gasteiger partial charge is 0.176 e. The fourth-order valence-corrected chi connectivity index (χ4v) is 3.20. The molecule has 0 saturated carbocycles. The lowest BCUT2D eigenvalue weighted by Gasteiger charge is -2.26. The number of carbonyl (C=O) groups excluding carboxylic acids is 1. The van der Waals surface area contributed by atoms with Crippen LogP contribution in [0.15, 0.2) is 18.2 Å². The molecule has 1 aliphatic rings. The number of carbonyl (C=O) groups is 1. The monoisotopic (exact) mass is 295 g/mol. The third kappa shape index (κ3) is 3.15. The van der Waals surface area contributed by atoms with Crippen molar-refractivity contribution in [1.29, 1.82) is 0 Å². The van der Waals surface area contributed by atoms with E-state index in [1.54, 1.807) is 25.3 Å². The summed E-state index contributed by atoms with van der Waals surface area (Å²) in [5.41, 5.74) is 0.657. The average Bonchev–Trinajstić information content (AvgIpc) is 2.79. The number of methoxy groups -OCH3 is 1. The fourth-order valence-electron chi connectivity index (χ4n) is 2.95. The minimum absolute atomic E-state index is 0.127. The molecule has 1 fully saturated rings. The van der Waals surface area contributed by atoms with Crippen molar-refractivity contribution in [2.75, 3.05) is 13.7 Å². The number of hydrogen-bond acceptors (Lipinski definition) is 3. The van der Waals surface area contributed by atoms with Crippen LogP contribution in [0.4, 0.5) is 0 Å². The lowest BCUT2D eigenvalue weighted by molar-refractivity contribution is 0.0889. The first-order valence-electron chi connectivity index (χ1n) is 7.19. The van der Waals surface area contributed by atoms with Crippen LogP contribution < -0.4 is 4.74 Å². The van der Waals surface area contributed by atoms with Gasteiger partial charge >= 0.3 is 0 Å². The highest BCUT2D eigenvalue weighted by Gasteiger charge is 2.30. The Kier molecular flexibility index (Phi) is 5.06. The molecule has 4 heteroatoms. The van der Waals surface area contributed by atoms with Gasteiger partial charge in [-0.15, -0.1) is 0 Å². The Morgan fingerprint density at radius 1 is 1.45 bits per heavy atom. The zero-order valence-corrected chi connectivity index (χ0v) is 13.1. The summed E-state index contributed by atoms with van der Waals surface area (Å²) in [6, 6.07) is 6.25. The maximum absolute atomic E-state index is 12.4. The molecule has 1 aromatic rings. The maximum Gasteiger partial charge on any atom is 0.176 e. The van der Waals surface area contributed by atoms with E-state index in [0.29, 0.717) is 35.0 Å². The summed E-state index contributed by atoms with van der Waals surface area (Å²) in [4.78, 5) is 14.7. The molecular formula is C16H22ClNO2. The normalized spacial score (nSPS) is 23.0. The predicted molar refractivity (Wildman–Crippen MR) is 81.8 cm³/mol. The third-order valence-electron chi connectivity index (χ3n) is 4.22. The van der Waals surface area contributed by atoms with E-state index < -0.39 is 0 Å². The standard InChI is InChI=1S/C16H22ClNO2/c1-4-13-7-5-11(2)18(13)10-15(19)12-6-8-16(20-3)14(17)9-12/h6,8-9,11,13H,4-5,7,10H2,1-3H3. The van der Waals surface area contributed by atoms with E-state index in [2.05, 4.69) is 18.7 Å². The summed E-state index contributed by atoms with van der Waals surface area (Å²) in [5, 5.41) is 0.486. The molecule has 3 nitrogen and oxygen atoms in total. The SMILES string of the molecule is CCC1CCC(C)N1CC(=O)c1ccc(OC)c(Cl)c1. The Morgan fingerprint density at radius 2 is 2.20 bits per heavy atom. The van der Waals surface area contributed by atoms with Crippen molar-refractivity contribution in [2.24, 2.45) is 0 Å². The van der Waals surface area contributed by atoms with Crippen LogP contribution in [0.2, 0.25) is 5.02 Å². The summed E-state index contributed by atoms with van der Waals surface area (Å²) >= 11 is 6.08. The number of Topliss-reactive ketones (excluding diaryl/α,β-unsaturated/α-hetero) is 1. The molecule has 0 aromatic heterocycles. The van der Waals surface area contributed by atoms with Crippen molar-refractivity contribution < 1.29 is 9.53 Å². The van der Waals surface area contributed by atoms with Gasteiger partial charge in [-0.05, 0) is 44.4 Å². The van der Waals surface area contributed by atoms with E-state index in [4.69, 9.17) is 16.3 Å². The number of hydrogen-bond donors (Lipinski definition) is 0. The Bertz CT molecular complexity index is 489. The first-order chi connectivity index (χ1) is 9.56. The number of rotatable bonds is 5. The zero-order valence-electron chi connectivity index (χ0n) is 12.4. The molecule has 1 heterocycles. The van der Waals surface area contributed by atoms with Gasteiger partial charge in [0.15, 0.2) is 5.78 Å². The van der Waals surface area contributed by atoms with Crippen molar-refractivity contribution in [3.8, 4) is 5.75 Å². The van der Waals surface area contributed by atoms with Gasteiger partial charge < -0.3 is 4.74 Å². The van der Waals surface area contributed by atoms with Crippen molar-refractivity contribution in [1.82, 2.24) is 4.90 Å². The molecule has 1 aliphatic heterocycles. The van der Waals surface area contributed by atoms with Crippen LogP contribution in [0.3, 0.4) is 0 Å². The summed E-state index contributed by atoms with van der Waals surface area (Å²) < 4.78 is 5.11. The Labute approximate surface area is 125 Å². The molecule has 0 spiro atoms. The maximum atomic E-state index is 12.4. The number of halogens is 1. The zero-order chi connectivity index (χ0) is 14.7. The summed E-state index contributed by atoms with van der Waals surface area (Å²) in [6.45, 7) is 4.86. The second-order valence-corrected chi connectivity index (χ2v) is 5.84. The molecule has 0 radical (unpaired) electrons. The molecule has 2 atom stereocenters. The molecule has 2 rings (SSSR count). The minimum atomic E-state index is 0.127. The van der Waals surface area contributed by atoms with Gasteiger partial charge in [0, 0.05) is 17.6 Å². The lowest BCUT2D eigenvalue weighted by Crippen LogP contribution is -2.38. The number of benzene rings is 1. The number of ether oxygens (including phenoxy) is 1. The van der Waals surface area contributed by atoms with Crippen molar-refractivity contribution in [2.45, 2.75) is 45.2 Å². The van der Waals surface area contributed by atoms with Crippen molar-refractivity contribution in [3.63, 3.8) is 0 Å². The second kappa shape index (κ2) is 6.59. The van der Waals surface area contributed by atoms with Gasteiger partial charge in [-0.1, -0.05) is 18.5 Å². The van der Waals surface area contributed by atoms with Gasteiger partial charge in [-0.3, -0.25) is 9.69 Å². The lowest BCUT2D eigenvalue weighted by atomic mass is 10.1. The Morgan fingerprint density at radius 3 is 2.80 bits per heavy atom. The molecule has 2 unspecified atom stereocenters. The van der Waals surface area contributed by atoms with Crippen LogP contribution in [0, 0.1) is 0 Å². The van der Waals surface area contributed by atoms with Gasteiger partial charge in [0.25, 0.3) is 0 Å². The molecule has 1 aromatic carbocycles. The van der Waals surface area contributed by atoms with Crippen molar-refractivity contribution >= 4 is 17.4 Å². The first kappa shape index (κ1) is 15.3. The minimum Gasteiger partial charge on any atom is -0.495 e. The molecule has 20 heavy (non-hydrogen) atoms.